The normalized spacial score (nSPS) is 15.6. The van der Waals surface area contributed by atoms with E-state index in [2.05, 4.69) is 190 Å². The molecule has 8 aromatic carbocycles. The van der Waals surface area contributed by atoms with Crippen LogP contribution in [0.2, 0.25) is 0 Å². The first kappa shape index (κ1) is 39.9. The average molecular weight is 881 g/mol. The van der Waals surface area contributed by atoms with E-state index < -0.39 is 0 Å². The molecule has 3 heterocycles. The van der Waals surface area contributed by atoms with Crippen molar-refractivity contribution in [2.75, 3.05) is 4.90 Å². The van der Waals surface area contributed by atoms with Crippen molar-refractivity contribution in [2.45, 2.75) is 24.8 Å². The molecule has 6 heteroatoms. The Kier molecular flexibility index (Phi) is 9.19. The van der Waals surface area contributed by atoms with E-state index in [4.69, 9.17) is 0 Å². The summed E-state index contributed by atoms with van der Waals surface area (Å²) in [4.78, 5) is 2.29. The maximum Gasteiger partial charge on any atom is 0.104 e. The van der Waals surface area contributed by atoms with E-state index in [1.807, 2.05) is 48.5 Å². The van der Waals surface area contributed by atoms with Gasteiger partial charge >= 0.3 is 0 Å². The van der Waals surface area contributed by atoms with Crippen molar-refractivity contribution >= 4 is 55.7 Å². The zero-order valence-electron chi connectivity index (χ0n) is 37.4. The molecule has 3 aliphatic rings. The number of nitriles is 3. The van der Waals surface area contributed by atoms with Gasteiger partial charge < -0.3 is 14.0 Å². The number of hydrogen-bond acceptors (Lipinski definition) is 4. The minimum absolute atomic E-state index is 0.122. The molecule has 6 nitrogen and oxygen atoms in total. The van der Waals surface area contributed by atoms with E-state index in [1.165, 1.54) is 5.56 Å². The first-order valence-corrected chi connectivity index (χ1v) is 23.4. The Hall–Kier alpha value is -9.41. The molecular formula is C63H40N6. The number of aromatic nitrogens is 2. The van der Waals surface area contributed by atoms with Gasteiger partial charge in [0.2, 0.25) is 0 Å². The summed E-state index contributed by atoms with van der Waals surface area (Å²) in [6.07, 6.45) is 13.0. The van der Waals surface area contributed by atoms with Gasteiger partial charge in [0, 0.05) is 39.0 Å². The van der Waals surface area contributed by atoms with Gasteiger partial charge in [0.1, 0.15) is 23.3 Å². The lowest BCUT2D eigenvalue weighted by molar-refractivity contribution is 0.745. The predicted octanol–water partition coefficient (Wildman–Crippen LogP) is 14.9. The van der Waals surface area contributed by atoms with E-state index in [-0.39, 0.29) is 12.0 Å². The first-order chi connectivity index (χ1) is 34.1. The fourth-order valence-electron chi connectivity index (χ4n) is 11.5. The molecule has 0 radical (unpaired) electrons. The standard InChI is InChI=1S/C63H40N6/c64-37-40-27-29-43(30-28-40)60-62(68-54-23-11-7-19-46(54)47-20-8-12-24-55(47)68)52(38-65)61(53(39-66)63(60)69-56-25-13-9-21-48(56)49-22-10-14-26-57(49)69)67-58-33-31-44(41-15-3-1-4-16-41)35-50(58)51-36-45(32-34-59(51)67)42-17-5-2-6-18-42/h1-9,11-21,23-36,50,58H,10,22H2. The van der Waals surface area contributed by atoms with E-state index in [9.17, 15) is 15.8 Å². The Morgan fingerprint density at radius 2 is 1.07 bits per heavy atom. The number of allylic oxidation sites excluding steroid dienone is 3. The average Bonchev–Trinajstić information content (AvgIpc) is 4.05. The lowest BCUT2D eigenvalue weighted by Gasteiger charge is -2.34. The molecule has 0 saturated heterocycles. The second kappa shape index (κ2) is 15.9. The number of fused-ring (bicyclic) bond motifs is 9. The molecule has 1 aliphatic heterocycles. The van der Waals surface area contributed by atoms with Crippen LogP contribution in [0.25, 0.3) is 78.0 Å². The lowest BCUT2D eigenvalue weighted by atomic mass is 9.85. The summed E-state index contributed by atoms with van der Waals surface area (Å²) in [6, 6.07) is 68.1. The van der Waals surface area contributed by atoms with Crippen LogP contribution in [0.5, 0.6) is 0 Å². The van der Waals surface area contributed by atoms with Crippen LogP contribution in [0.4, 0.5) is 11.4 Å². The number of hydrogen-bond donors (Lipinski definition) is 0. The molecule has 0 N–H and O–H groups in total. The number of anilines is 2. The van der Waals surface area contributed by atoms with Gasteiger partial charge in [-0.3, -0.25) is 0 Å². The molecule has 2 aromatic heterocycles. The molecule has 13 rings (SSSR count). The van der Waals surface area contributed by atoms with Crippen LogP contribution in [0.15, 0.2) is 200 Å². The molecule has 2 atom stereocenters. The molecular weight excluding hydrogens is 841 g/mol. The summed E-state index contributed by atoms with van der Waals surface area (Å²) in [5, 5.41) is 37.7. The third kappa shape index (κ3) is 6.02. The summed E-state index contributed by atoms with van der Waals surface area (Å²) in [6.45, 7) is 0. The van der Waals surface area contributed by atoms with Crippen molar-refractivity contribution in [3.8, 4) is 51.8 Å². The minimum atomic E-state index is -0.285. The van der Waals surface area contributed by atoms with Crippen LogP contribution in [-0.2, 0) is 6.42 Å². The van der Waals surface area contributed by atoms with E-state index in [0.29, 0.717) is 33.8 Å². The Morgan fingerprint density at radius 1 is 0.493 bits per heavy atom. The molecule has 69 heavy (non-hydrogen) atoms. The number of nitrogens with zero attached hydrogens (tertiary/aromatic N) is 6. The molecule has 10 aromatic rings. The van der Waals surface area contributed by atoms with Crippen LogP contribution >= 0.6 is 0 Å². The van der Waals surface area contributed by atoms with Crippen LogP contribution in [0.3, 0.4) is 0 Å². The van der Waals surface area contributed by atoms with Crippen molar-refractivity contribution in [2.24, 2.45) is 0 Å². The van der Waals surface area contributed by atoms with Gasteiger partial charge in [-0.25, -0.2) is 0 Å². The van der Waals surface area contributed by atoms with Crippen LogP contribution in [-0.4, -0.2) is 15.2 Å². The maximum absolute atomic E-state index is 12.2. The van der Waals surface area contributed by atoms with Crippen LogP contribution < -0.4 is 4.90 Å². The highest BCUT2D eigenvalue weighted by Crippen LogP contribution is 2.56. The highest BCUT2D eigenvalue weighted by atomic mass is 15.2. The van der Waals surface area contributed by atoms with Crippen LogP contribution in [0, 0.1) is 34.0 Å². The summed E-state index contributed by atoms with van der Waals surface area (Å²) in [5.74, 6) is -0.122. The molecule has 0 bridgehead atoms. The SMILES string of the molecule is N#Cc1ccc(-c2c(-n3c4c(c5ccccc53)CCC=C4)c(C#N)c(N3c4ccc(-c5ccccc5)cc4C4C=C(c5ccccc5)C=CC43)c(C#N)c2-n2c3ccccc3c3ccccc32)cc1. The van der Waals surface area contributed by atoms with E-state index in [0.717, 1.165) is 95.9 Å². The summed E-state index contributed by atoms with van der Waals surface area (Å²) in [5.41, 5.74) is 16.3. The van der Waals surface area contributed by atoms with E-state index in [1.54, 1.807) is 0 Å². The molecule has 0 saturated carbocycles. The zero-order chi connectivity index (χ0) is 46.2. The summed E-state index contributed by atoms with van der Waals surface area (Å²) >= 11 is 0. The van der Waals surface area contributed by atoms with Gasteiger partial charge in [0.15, 0.2) is 0 Å². The summed E-state index contributed by atoms with van der Waals surface area (Å²) in [7, 11) is 0. The highest BCUT2D eigenvalue weighted by molar-refractivity contribution is 6.11. The maximum atomic E-state index is 12.2. The Morgan fingerprint density at radius 3 is 1.72 bits per heavy atom. The quantitative estimate of drug-likeness (QED) is 0.166. The number of benzene rings is 8. The van der Waals surface area contributed by atoms with E-state index >= 15 is 0 Å². The summed E-state index contributed by atoms with van der Waals surface area (Å²) < 4.78 is 4.53. The first-order valence-electron chi connectivity index (χ1n) is 23.4. The monoisotopic (exact) mass is 880 g/mol. The van der Waals surface area contributed by atoms with Gasteiger partial charge in [-0.05, 0) is 100 Å². The number of aryl methyl sites for hydroxylation is 1. The molecule has 0 amide bonds. The van der Waals surface area contributed by atoms with Gasteiger partial charge in [-0.1, -0.05) is 158 Å². The zero-order valence-corrected chi connectivity index (χ0v) is 37.4. The van der Waals surface area contributed by atoms with Crippen molar-refractivity contribution < 1.29 is 0 Å². The minimum Gasteiger partial charge on any atom is -0.331 e. The van der Waals surface area contributed by atoms with Crippen molar-refractivity contribution in [3.63, 3.8) is 0 Å². The topological polar surface area (TPSA) is 84.5 Å². The van der Waals surface area contributed by atoms with Crippen LogP contribution in [0.1, 0.15) is 51.4 Å². The Balaban J connectivity index is 1.22. The van der Waals surface area contributed by atoms with Crippen molar-refractivity contribution in [3.05, 3.63) is 239 Å². The lowest BCUT2D eigenvalue weighted by Crippen LogP contribution is -2.31. The Bertz CT molecular complexity index is 3940. The fourth-order valence-corrected chi connectivity index (χ4v) is 11.5. The fraction of sp³-hybridized carbons (Fsp3) is 0.0635. The van der Waals surface area contributed by atoms with Crippen molar-refractivity contribution in [1.82, 2.24) is 9.13 Å². The third-order valence-electron chi connectivity index (χ3n) is 14.4. The smallest absolute Gasteiger partial charge is 0.104 e. The molecule has 0 fully saturated rings. The predicted molar refractivity (Wildman–Crippen MR) is 279 cm³/mol. The number of para-hydroxylation sites is 3. The second-order valence-electron chi connectivity index (χ2n) is 18.0. The van der Waals surface area contributed by atoms with Gasteiger partial charge in [-0.15, -0.1) is 0 Å². The Labute approximate surface area is 399 Å². The van der Waals surface area contributed by atoms with Gasteiger partial charge in [0.25, 0.3) is 0 Å². The van der Waals surface area contributed by atoms with Crippen molar-refractivity contribution in [1.29, 1.82) is 15.8 Å². The molecule has 2 unspecified atom stereocenters. The largest absolute Gasteiger partial charge is 0.331 e. The van der Waals surface area contributed by atoms with Gasteiger partial charge in [0.05, 0.1) is 51.3 Å². The van der Waals surface area contributed by atoms with Gasteiger partial charge in [-0.2, -0.15) is 15.8 Å². The number of rotatable bonds is 6. The molecule has 322 valence electrons. The third-order valence-corrected chi connectivity index (χ3v) is 14.4. The molecule has 2 aliphatic carbocycles. The highest BCUT2D eigenvalue weighted by Gasteiger charge is 2.43. The second-order valence-corrected chi connectivity index (χ2v) is 18.0. The molecule has 0 spiro atoms.